The number of carbonyl (C=O) groups excluding carboxylic acids is 2. The summed E-state index contributed by atoms with van der Waals surface area (Å²) in [5, 5.41) is 2.93. The molecule has 0 aromatic carbocycles. The average molecular weight is 269 g/mol. The highest BCUT2D eigenvalue weighted by Gasteiger charge is 2.36. The van der Waals surface area contributed by atoms with Crippen molar-refractivity contribution in [1.82, 2.24) is 10.2 Å². The SMILES string of the molecule is CCC[C@@H](N)C(=O)N1CCOCC1C(=O)NC1CC1. The summed E-state index contributed by atoms with van der Waals surface area (Å²) in [7, 11) is 0. The number of nitrogens with zero attached hydrogens (tertiary/aromatic N) is 1. The highest BCUT2D eigenvalue weighted by Crippen LogP contribution is 2.20. The minimum absolute atomic E-state index is 0.112. The van der Waals surface area contributed by atoms with Gasteiger partial charge in [-0.05, 0) is 19.3 Å². The van der Waals surface area contributed by atoms with E-state index in [2.05, 4.69) is 5.32 Å². The zero-order chi connectivity index (χ0) is 13.8. The van der Waals surface area contributed by atoms with Gasteiger partial charge in [-0.2, -0.15) is 0 Å². The monoisotopic (exact) mass is 269 g/mol. The maximum atomic E-state index is 12.3. The molecule has 108 valence electrons. The van der Waals surface area contributed by atoms with Crippen molar-refractivity contribution in [3.8, 4) is 0 Å². The molecule has 6 heteroatoms. The van der Waals surface area contributed by atoms with Crippen LogP contribution in [0.1, 0.15) is 32.6 Å². The minimum Gasteiger partial charge on any atom is -0.377 e. The third-order valence-electron chi connectivity index (χ3n) is 3.55. The molecule has 0 bridgehead atoms. The molecule has 3 N–H and O–H groups in total. The van der Waals surface area contributed by atoms with Crippen LogP contribution < -0.4 is 11.1 Å². The first-order valence-corrected chi connectivity index (χ1v) is 7.07. The van der Waals surface area contributed by atoms with Crippen LogP contribution in [-0.4, -0.2) is 54.6 Å². The molecule has 0 spiro atoms. The van der Waals surface area contributed by atoms with E-state index in [0.29, 0.717) is 19.6 Å². The van der Waals surface area contributed by atoms with Crippen LogP contribution in [0.3, 0.4) is 0 Å². The van der Waals surface area contributed by atoms with E-state index in [1.165, 1.54) is 0 Å². The van der Waals surface area contributed by atoms with Gasteiger partial charge in [-0.3, -0.25) is 9.59 Å². The van der Waals surface area contributed by atoms with Crippen LogP contribution >= 0.6 is 0 Å². The highest BCUT2D eigenvalue weighted by atomic mass is 16.5. The summed E-state index contributed by atoms with van der Waals surface area (Å²) in [6, 6.07) is -0.750. The lowest BCUT2D eigenvalue weighted by atomic mass is 10.1. The first-order chi connectivity index (χ1) is 9.13. The molecule has 1 saturated heterocycles. The van der Waals surface area contributed by atoms with Crippen LogP contribution in [0.5, 0.6) is 0 Å². The van der Waals surface area contributed by atoms with E-state index in [1.54, 1.807) is 4.90 Å². The maximum absolute atomic E-state index is 12.3. The summed E-state index contributed by atoms with van der Waals surface area (Å²) in [5.41, 5.74) is 5.87. The molecule has 2 fully saturated rings. The van der Waals surface area contributed by atoms with Gasteiger partial charge in [0.2, 0.25) is 11.8 Å². The maximum Gasteiger partial charge on any atom is 0.245 e. The molecular weight excluding hydrogens is 246 g/mol. The van der Waals surface area contributed by atoms with Gasteiger partial charge in [-0.25, -0.2) is 0 Å². The zero-order valence-electron chi connectivity index (χ0n) is 11.4. The Balaban J connectivity index is 1.97. The van der Waals surface area contributed by atoms with Crippen molar-refractivity contribution in [2.75, 3.05) is 19.8 Å². The molecule has 2 rings (SSSR count). The van der Waals surface area contributed by atoms with Crippen molar-refractivity contribution in [2.24, 2.45) is 5.73 Å². The number of nitrogens with two attached hydrogens (primary N) is 1. The van der Waals surface area contributed by atoms with Crippen molar-refractivity contribution >= 4 is 11.8 Å². The zero-order valence-corrected chi connectivity index (χ0v) is 11.4. The molecule has 1 unspecified atom stereocenters. The van der Waals surface area contributed by atoms with E-state index in [1.807, 2.05) is 6.92 Å². The van der Waals surface area contributed by atoms with Gasteiger partial charge in [0.25, 0.3) is 0 Å². The molecule has 0 aromatic heterocycles. The summed E-state index contributed by atoms with van der Waals surface area (Å²) in [4.78, 5) is 26.0. The lowest BCUT2D eigenvalue weighted by Gasteiger charge is -2.36. The van der Waals surface area contributed by atoms with Crippen LogP contribution in [0.25, 0.3) is 0 Å². The lowest BCUT2D eigenvalue weighted by molar-refractivity contribution is -0.149. The van der Waals surface area contributed by atoms with Gasteiger partial charge >= 0.3 is 0 Å². The molecule has 2 aliphatic rings. The molecule has 1 heterocycles. The highest BCUT2D eigenvalue weighted by molar-refractivity contribution is 5.90. The molecule has 2 amide bonds. The fourth-order valence-corrected chi connectivity index (χ4v) is 2.26. The first kappa shape index (κ1) is 14.3. The quantitative estimate of drug-likeness (QED) is 0.712. The molecule has 2 atom stereocenters. The largest absolute Gasteiger partial charge is 0.377 e. The third-order valence-corrected chi connectivity index (χ3v) is 3.55. The van der Waals surface area contributed by atoms with Crippen molar-refractivity contribution in [3.05, 3.63) is 0 Å². The Hall–Kier alpha value is -1.14. The van der Waals surface area contributed by atoms with Gasteiger partial charge in [0.1, 0.15) is 6.04 Å². The van der Waals surface area contributed by atoms with Crippen LogP contribution in [0.15, 0.2) is 0 Å². The number of hydrogen-bond donors (Lipinski definition) is 2. The van der Waals surface area contributed by atoms with Gasteiger partial charge in [0, 0.05) is 12.6 Å². The predicted octanol–water partition coefficient (Wildman–Crippen LogP) is -0.380. The van der Waals surface area contributed by atoms with E-state index in [-0.39, 0.29) is 24.5 Å². The summed E-state index contributed by atoms with van der Waals surface area (Å²) in [5.74, 6) is -0.250. The smallest absolute Gasteiger partial charge is 0.245 e. The fraction of sp³-hybridized carbons (Fsp3) is 0.846. The van der Waals surface area contributed by atoms with E-state index < -0.39 is 12.1 Å². The second-order valence-corrected chi connectivity index (χ2v) is 5.30. The molecule has 1 saturated carbocycles. The average Bonchev–Trinajstić information content (AvgIpc) is 3.22. The van der Waals surface area contributed by atoms with Gasteiger partial charge in [0.05, 0.1) is 19.3 Å². The Morgan fingerprint density at radius 1 is 1.47 bits per heavy atom. The van der Waals surface area contributed by atoms with Crippen molar-refractivity contribution in [2.45, 2.75) is 50.7 Å². The van der Waals surface area contributed by atoms with Crippen molar-refractivity contribution in [1.29, 1.82) is 0 Å². The normalized spacial score (nSPS) is 24.9. The number of rotatable bonds is 5. The standard InChI is InChI=1S/C13H23N3O3/c1-2-3-10(14)13(18)16-6-7-19-8-11(16)12(17)15-9-4-5-9/h9-11H,2-8,14H2,1H3,(H,15,17)/t10-,11?/m1/s1. The number of hydrogen-bond acceptors (Lipinski definition) is 4. The molecule has 1 aliphatic carbocycles. The summed E-state index contributed by atoms with van der Waals surface area (Å²) >= 11 is 0. The molecule has 6 nitrogen and oxygen atoms in total. The Kier molecular flexibility index (Phi) is 4.76. The molecule has 1 aliphatic heterocycles. The van der Waals surface area contributed by atoms with Crippen LogP contribution in [0.4, 0.5) is 0 Å². The van der Waals surface area contributed by atoms with E-state index in [0.717, 1.165) is 19.3 Å². The third kappa shape index (κ3) is 3.67. The Labute approximate surface area is 113 Å². The van der Waals surface area contributed by atoms with Gasteiger partial charge in [-0.15, -0.1) is 0 Å². The molecule has 0 radical (unpaired) electrons. The second-order valence-electron chi connectivity index (χ2n) is 5.30. The number of morpholine rings is 1. The van der Waals surface area contributed by atoms with Gasteiger partial charge < -0.3 is 20.7 Å². The van der Waals surface area contributed by atoms with Crippen LogP contribution in [0.2, 0.25) is 0 Å². The predicted molar refractivity (Wildman–Crippen MR) is 70.4 cm³/mol. The lowest BCUT2D eigenvalue weighted by Crippen LogP contribution is -2.59. The van der Waals surface area contributed by atoms with Gasteiger partial charge in [0.15, 0.2) is 0 Å². The van der Waals surface area contributed by atoms with E-state index >= 15 is 0 Å². The number of nitrogens with one attached hydrogen (secondary N) is 1. The Morgan fingerprint density at radius 2 is 2.21 bits per heavy atom. The van der Waals surface area contributed by atoms with E-state index in [9.17, 15) is 9.59 Å². The van der Waals surface area contributed by atoms with Crippen molar-refractivity contribution < 1.29 is 14.3 Å². The van der Waals surface area contributed by atoms with Crippen LogP contribution in [0, 0.1) is 0 Å². The Morgan fingerprint density at radius 3 is 2.84 bits per heavy atom. The molecule has 0 aromatic rings. The summed E-state index contributed by atoms with van der Waals surface area (Å²) < 4.78 is 5.33. The second kappa shape index (κ2) is 6.34. The fourth-order valence-electron chi connectivity index (χ4n) is 2.26. The van der Waals surface area contributed by atoms with Crippen LogP contribution in [-0.2, 0) is 14.3 Å². The summed E-state index contributed by atoms with van der Waals surface area (Å²) in [6.45, 7) is 3.17. The number of ether oxygens (including phenoxy) is 1. The number of amides is 2. The molecule has 19 heavy (non-hydrogen) atoms. The first-order valence-electron chi connectivity index (χ1n) is 7.07. The number of carbonyl (C=O) groups is 2. The van der Waals surface area contributed by atoms with E-state index in [4.69, 9.17) is 10.5 Å². The van der Waals surface area contributed by atoms with Crippen molar-refractivity contribution in [3.63, 3.8) is 0 Å². The topological polar surface area (TPSA) is 84.7 Å². The van der Waals surface area contributed by atoms with Gasteiger partial charge in [-0.1, -0.05) is 13.3 Å². The minimum atomic E-state index is -0.523. The summed E-state index contributed by atoms with van der Waals surface area (Å²) in [6.07, 6.45) is 3.56. The Bertz CT molecular complexity index is 344. The molecular formula is C13H23N3O3.